The Labute approximate surface area is 373 Å². The van der Waals surface area contributed by atoms with Crippen molar-refractivity contribution in [3.05, 3.63) is 194 Å². The third kappa shape index (κ3) is 4.44. The molecule has 0 fully saturated rings. The van der Waals surface area contributed by atoms with Crippen LogP contribution in [0.25, 0.3) is 154 Å². The lowest BCUT2D eigenvalue weighted by Crippen LogP contribution is -1.94. The van der Waals surface area contributed by atoms with E-state index in [4.69, 9.17) is 17.7 Å². The average Bonchev–Trinajstić information content (AvgIpc) is 4.22. The molecule has 0 bridgehead atoms. The van der Waals surface area contributed by atoms with E-state index in [-0.39, 0.29) is 0 Å². The van der Waals surface area contributed by atoms with Crippen molar-refractivity contribution in [3.63, 3.8) is 0 Å². The van der Waals surface area contributed by atoms with Crippen LogP contribution in [0.15, 0.2) is 212 Å². The summed E-state index contributed by atoms with van der Waals surface area (Å²) < 4.78 is 31.2. The molecule has 16 aromatic rings. The van der Waals surface area contributed by atoms with Gasteiger partial charge in [-0.3, -0.25) is 0 Å². The Kier molecular flexibility index (Phi) is 6.47. The van der Waals surface area contributed by atoms with Crippen LogP contribution in [0.3, 0.4) is 0 Å². The lowest BCUT2D eigenvalue weighted by Gasteiger charge is -2.10. The topological polar surface area (TPSA) is 62.4 Å². The number of para-hydroxylation sites is 4. The van der Waals surface area contributed by atoms with Gasteiger partial charge in [0.05, 0.1) is 38.2 Å². The summed E-state index contributed by atoms with van der Waals surface area (Å²) >= 11 is 0. The second kappa shape index (κ2) is 12.4. The van der Waals surface area contributed by atoms with E-state index in [0.29, 0.717) is 0 Å². The van der Waals surface area contributed by atoms with Crippen LogP contribution in [0.5, 0.6) is 0 Å². The minimum absolute atomic E-state index is 0.791. The predicted molar refractivity (Wildman–Crippen MR) is 270 cm³/mol. The van der Waals surface area contributed by atoms with E-state index in [1.807, 2.05) is 24.3 Å². The lowest BCUT2D eigenvalue weighted by atomic mass is 10.0. The SMILES string of the molecule is c1cc(-c2ccc3oc4c(ccc5oc6ccc(-n7c8ccccc8c8c9oc%10ccccc%10c9ccc87)cc6c54)c3c2)cc(-n2c3ccccc3c3c4oc5ccccc5c4ccc32)c1. The maximum absolute atomic E-state index is 6.81. The van der Waals surface area contributed by atoms with E-state index >= 15 is 0 Å². The first-order valence-corrected chi connectivity index (χ1v) is 22.3. The summed E-state index contributed by atoms with van der Waals surface area (Å²) in [4.78, 5) is 0. The predicted octanol–water partition coefficient (Wildman–Crippen LogP) is 17.1. The van der Waals surface area contributed by atoms with Gasteiger partial charge < -0.3 is 26.8 Å². The highest BCUT2D eigenvalue weighted by molar-refractivity contribution is 6.26. The Balaban J connectivity index is 0.855. The van der Waals surface area contributed by atoms with Crippen molar-refractivity contribution < 1.29 is 17.7 Å². The molecule has 0 amide bonds. The molecule has 0 aliphatic rings. The third-order valence-electron chi connectivity index (χ3n) is 14.1. The Hall–Kier alpha value is -9.00. The second-order valence-electron chi connectivity index (χ2n) is 17.5. The fourth-order valence-electron chi connectivity index (χ4n) is 11.3. The summed E-state index contributed by atoms with van der Waals surface area (Å²) in [6.07, 6.45) is 0. The molecular formula is C60H32N2O4. The fraction of sp³-hybridized carbons (Fsp3) is 0. The van der Waals surface area contributed by atoms with Gasteiger partial charge in [0.2, 0.25) is 0 Å². The van der Waals surface area contributed by atoms with Gasteiger partial charge in [-0.1, -0.05) is 91.0 Å². The molecule has 6 nitrogen and oxygen atoms in total. The number of rotatable bonds is 3. The molecule has 0 aliphatic heterocycles. The molecule has 6 heterocycles. The smallest absolute Gasteiger partial charge is 0.147 e. The average molecular weight is 845 g/mol. The number of aromatic nitrogens is 2. The van der Waals surface area contributed by atoms with Gasteiger partial charge >= 0.3 is 0 Å². The molecular weight excluding hydrogens is 813 g/mol. The lowest BCUT2D eigenvalue weighted by molar-refractivity contribution is 0.662. The minimum Gasteiger partial charge on any atom is -0.456 e. The van der Waals surface area contributed by atoms with Crippen LogP contribution in [0.2, 0.25) is 0 Å². The minimum atomic E-state index is 0.791. The molecule has 10 aromatic carbocycles. The van der Waals surface area contributed by atoms with Gasteiger partial charge in [0.1, 0.15) is 44.7 Å². The Morgan fingerprint density at radius 1 is 0.242 bits per heavy atom. The highest BCUT2D eigenvalue weighted by Gasteiger charge is 2.23. The van der Waals surface area contributed by atoms with Crippen molar-refractivity contribution in [2.24, 2.45) is 0 Å². The molecule has 0 atom stereocenters. The number of hydrogen-bond donors (Lipinski definition) is 0. The second-order valence-corrected chi connectivity index (χ2v) is 17.5. The summed E-state index contributed by atoms with van der Waals surface area (Å²) in [6.45, 7) is 0. The van der Waals surface area contributed by atoms with E-state index in [1.165, 1.54) is 5.39 Å². The molecule has 0 aliphatic carbocycles. The molecule has 6 aromatic heterocycles. The number of benzene rings is 10. The number of furan rings is 4. The Morgan fingerprint density at radius 2 is 0.727 bits per heavy atom. The van der Waals surface area contributed by atoms with Crippen LogP contribution in [0.4, 0.5) is 0 Å². The fourth-order valence-corrected chi connectivity index (χ4v) is 11.3. The molecule has 0 spiro atoms. The molecule has 0 saturated heterocycles. The van der Waals surface area contributed by atoms with Crippen LogP contribution in [-0.2, 0) is 0 Å². The van der Waals surface area contributed by atoms with E-state index < -0.39 is 0 Å². The van der Waals surface area contributed by atoms with Gasteiger partial charge in [-0.25, -0.2) is 0 Å². The molecule has 16 rings (SSSR count). The highest BCUT2D eigenvalue weighted by Crippen LogP contribution is 2.45. The molecule has 0 N–H and O–H groups in total. The number of fused-ring (bicyclic) bond motifs is 21. The van der Waals surface area contributed by atoms with E-state index in [9.17, 15) is 0 Å². The first-order valence-electron chi connectivity index (χ1n) is 22.3. The van der Waals surface area contributed by atoms with Crippen molar-refractivity contribution in [2.75, 3.05) is 0 Å². The number of hydrogen-bond acceptors (Lipinski definition) is 4. The zero-order valence-electron chi connectivity index (χ0n) is 35.0. The third-order valence-corrected chi connectivity index (χ3v) is 14.1. The van der Waals surface area contributed by atoms with E-state index in [1.54, 1.807) is 0 Å². The van der Waals surface area contributed by atoms with Gasteiger partial charge in [-0.2, -0.15) is 0 Å². The Morgan fingerprint density at radius 3 is 1.39 bits per heavy atom. The summed E-state index contributed by atoms with van der Waals surface area (Å²) in [5.41, 5.74) is 15.7. The maximum Gasteiger partial charge on any atom is 0.147 e. The van der Waals surface area contributed by atoms with Crippen LogP contribution in [-0.4, -0.2) is 9.13 Å². The van der Waals surface area contributed by atoms with Crippen LogP contribution >= 0.6 is 0 Å². The van der Waals surface area contributed by atoms with Gasteiger partial charge in [0, 0.05) is 59.9 Å². The standard InChI is InChI=1S/C60H32N2O4/c1-5-16-46-42(14-1)55-48(25-22-39-37-12-3-7-18-50(37)64-58(39)55)61(46)35-11-9-10-33(30-35)34-20-27-52-44(31-34)41-24-29-54-57(60(41)66-52)45-32-36(21-28-53(45)63-54)62-47-17-6-2-15-43(47)56-49(62)26-23-40-38-13-4-8-19-51(38)65-59(40)56/h1-32H. The van der Waals surface area contributed by atoms with Gasteiger partial charge in [0.15, 0.2) is 0 Å². The number of nitrogens with zero attached hydrogens (tertiary/aromatic N) is 2. The largest absolute Gasteiger partial charge is 0.456 e. The zero-order chi connectivity index (χ0) is 42.8. The van der Waals surface area contributed by atoms with E-state index in [0.717, 1.165) is 148 Å². The van der Waals surface area contributed by atoms with Crippen LogP contribution in [0.1, 0.15) is 0 Å². The highest BCUT2D eigenvalue weighted by atomic mass is 16.3. The molecule has 66 heavy (non-hydrogen) atoms. The van der Waals surface area contributed by atoms with Crippen molar-refractivity contribution in [2.45, 2.75) is 0 Å². The summed E-state index contributed by atoms with van der Waals surface area (Å²) in [5.74, 6) is 0. The van der Waals surface area contributed by atoms with Crippen molar-refractivity contribution >= 4 is 131 Å². The first kappa shape index (κ1) is 34.5. The van der Waals surface area contributed by atoms with Gasteiger partial charge in [-0.15, -0.1) is 0 Å². The normalized spacial score (nSPS) is 12.5. The van der Waals surface area contributed by atoms with Gasteiger partial charge in [-0.05, 0) is 114 Å². The van der Waals surface area contributed by atoms with Crippen molar-refractivity contribution in [3.8, 4) is 22.5 Å². The first-order chi connectivity index (χ1) is 32.7. The van der Waals surface area contributed by atoms with Gasteiger partial charge in [0.25, 0.3) is 0 Å². The summed E-state index contributed by atoms with van der Waals surface area (Å²) in [7, 11) is 0. The zero-order valence-corrected chi connectivity index (χ0v) is 35.0. The van der Waals surface area contributed by atoms with E-state index in [2.05, 4.69) is 179 Å². The quantitative estimate of drug-likeness (QED) is 0.178. The summed E-state index contributed by atoms with van der Waals surface area (Å²) in [5, 5.41) is 13.1. The van der Waals surface area contributed by atoms with Crippen LogP contribution in [0, 0.1) is 0 Å². The van der Waals surface area contributed by atoms with Crippen molar-refractivity contribution in [1.82, 2.24) is 9.13 Å². The summed E-state index contributed by atoms with van der Waals surface area (Å²) in [6, 6.07) is 68.7. The van der Waals surface area contributed by atoms with Crippen LogP contribution < -0.4 is 0 Å². The molecule has 0 unspecified atom stereocenters. The monoisotopic (exact) mass is 844 g/mol. The molecule has 0 saturated carbocycles. The molecule has 6 heteroatoms. The maximum atomic E-state index is 6.81. The van der Waals surface area contributed by atoms with Crippen molar-refractivity contribution in [1.29, 1.82) is 0 Å². The molecule has 306 valence electrons. The molecule has 0 radical (unpaired) electrons. The Bertz CT molecular complexity index is 4780.